The van der Waals surface area contributed by atoms with Gasteiger partial charge in [0.25, 0.3) is 0 Å². The van der Waals surface area contributed by atoms with Crippen LogP contribution in [0.5, 0.6) is 0 Å². The van der Waals surface area contributed by atoms with Gasteiger partial charge in [0.05, 0.1) is 5.75 Å². The Morgan fingerprint density at radius 2 is 1.60 bits per heavy atom. The lowest BCUT2D eigenvalue weighted by Gasteiger charge is -2.37. The fourth-order valence-electron chi connectivity index (χ4n) is 3.54. The molecule has 0 N–H and O–H groups in total. The summed E-state index contributed by atoms with van der Waals surface area (Å²) in [6, 6.07) is 9.26. The van der Waals surface area contributed by atoms with Crippen LogP contribution < -0.4 is 0 Å². The number of amides is 1. The van der Waals surface area contributed by atoms with Crippen molar-refractivity contribution in [2.24, 2.45) is 5.92 Å². The molecular weight excluding hydrogens is 338 g/mol. The van der Waals surface area contributed by atoms with Crippen molar-refractivity contribution in [3.63, 3.8) is 0 Å². The molecule has 2 fully saturated rings. The molecular formula is C18H27N3O3S. The highest BCUT2D eigenvalue weighted by Crippen LogP contribution is 2.23. The maximum atomic E-state index is 12.6. The SMILES string of the molecule is CN1CCN(C(=O)C2CCN(S(=O)(=O)Cc3ccccc3)CC2)CC1. The van der Waals surface area contributed by atoms with E-state index in [2.05, 4.69) is 11.9 Å². The largest absolute Gasteiger partial charge is 0.340 e. The zero-order chi connectivity index (χ0) is 17.9. The Labute approximate surface area is 150 Å². The van der Waals surface area contributed by atoms with E-state index in [1.165, 1.54) is 0 Å². The number of nitrogens with zero attached hydrogens (tertiary/aromatic N) is 3. The van der Waals surface area contributed by atoms with Crippen molar-refractivity contribution >= 4 is 15.9 Å². The van der Waals surface area contributed by atoms with Gasteiger partial charge in [-0.05, 0) is 25.5 Å². The summed E-state index contributed by atoms with van der Waals surface area (Å²) in [4.78, 5) is 16.8. The van der Waals surface area contributed by atoms with Crippen LogP contribution >= 0.6 is 0 Å². The molecule has 2 heterocycles. The molecule has 0 aliphatic carbocycles. The van der Waals surface area contributed by atoms with Crippen LogP contribution in [0.25, 0.3) is 0 Å². The van der Waals surface area contributed by atoms with Crippen LogP contribution in [0.15, 0.2) is 30.3 Å². The second kappa shape index (κ2) is 7.85. The number of piperazine rings is 1. The fraction of sp³-hybridized carbons (Fsp3) is 0.611. The van der Waals surface area contributed by atoms with Crippen molar-refractivity contribution in [3.05, 3.63) is 35.9 Å². The molecule has 1 aromatic rings. The first kappa shape index (κ1) is 18.4. The van der Waals surface area contributed by atoms with Crippen molar-refractivity contribution in [1.82, 2.24) is 14.1 Å². The lowest BCUT2D eigenvalue weighted by molar-refractivity contribution is -0.138. The summed E-state index contributed by atoms with van der Waals surface area (Å²) in [6.45, 7) is 4.27. The van der Waals surface area contributed by atoms with E-state index < -0.39 is 10.0 Å². The van der Waals surface area contributed by atoms with Crippen molar-refractivity contribution in [2.45, 2.75) is 18.6 Å². The third-order valence-corrected chi connectivity index (χ3v) is 7.05. The predicted molar refractivity (Wildman–Crippen MR) is 97.4 cm³/mol. The van der Waals surface area contributed by atoms with E-state index in [-0.39, 0.29) is 17.6 Å². The number of hydrogen-bond donors (Lipinski definition) is 0. The molecule has 25 heavy (non-hydrogen) atoms. The Bertz CT molecular complexity index is 677. The highest BCUT2D eigenvalue weighted by Gasteiger charge is 2.33. The Balaban J connectivity index is 1.53. The summed E-state index contributed by atoms with van der Waals surface area (Å²) < 4.78 is 26.7. The molecule has 0 bridgehead atoms. The standard InChI is InChI=1S/C18H27N3O3S/c1-19-11-13-20(14-12-19)18(22)17-7-9-21(10-8-17)25(23,24)15-16-5-3-2-4-6-16/h2-6,17H,7-15H2,1H3. The number of carbonyl (C=O) groups excluding carboxylic acids is 1. The minimum absolute atomic E-state index is 0.0327. The lowest BCUT2D eigenvalue weighted by Crippen LogP contribution is -2.51. The summed E-state index contributed by atoms with van der Waals surface area (Å²) >= 11 is 0. The molecule has 2 saturated heterocycles. The van der Waals surface area contributed by atoms with E-state index in [9.17, 15) is 13.2 Å². The minimum atomic E-state index is -3.32. The quantitative estimate of drug-likeness (QED) is 0.799. The Morgan fingerprint density at radius 3 is 2.20 bits per heavy atom. The molecule has 0 saturated carbocycles. The van der Waals surface area contributed by atoms with Crippen molar-refractivity contribution in [2.75, 3.05) is 46.3 Å². The Morgan fingerprint density at radius 1 is 1.00 bits per heavy atom. The van der Waals surface area contributed by atoms with Gasteiger partial charge in [-0.25, -0.2) is 12.7 Å². The maximum Gasteiger partial charge on any atom is 0.225 e. The predicted octanol–water partition coefficient (Wildman–Crippen LogP) is 1.00. The molecule has 0 aromatic heterocycles. The third-order valence-electron chi connectivity index (χ3n) is 5.20. The summed E-state index contributed by atoms with van der Waals surface area (Å²) in [5.74, 6) is 0.199. The van der Waals surface area contributed by atoms with Gasteiger partial charge in [0.1, 0.15) is 0 Å². The Kier molecular flexibility index (Phi) is 5.76. The van der Waals surface area contributed by atoms with Crippen LogP contribution in [0.3, 0.4) is 0 Å². The van der Waals surface area contributed by atoms with E-state index in [1.54, 1.807) is 4.31 Å². The normalized spacial score (nSPS) is 21.4. The Hall–Kier alpha value is -1.44. The third kappa shape index (κ3) is 4.59. The molecule has 0 unspecified atom stereocenters. The zero-order valence-electron chi connectivity index (χ0n) is 14.8. The summed E-state index contributed by atoms with van der Waals surface area (Å²) in [5, 5.41) is 0. The molecule has 2 aliphatic rings. The number of rotatable bonds is 4. The first-order valence-corrected chi connectivity index (χ1v) is 10.6. The molecule has 1 aromatic carbocycles. The van der Waals surface area contributed by atoms with Gasteiger partial charge in [0.2, 0.25) is 15.9 Å². The van der Waals surface area contributed by atoms with Gasteiger partial charge in [-0.2, -0.15) is 0 Å². The van der Waals surface area contributed by atoms with E-state index in [0.29, 0.717) is 25.9 Å². The molecule has 7 heteroatoms. The van der Waals surface area contributed by atoms with Gasteiger partial charge < -0.3 is 9.80 Å². The average molecular weight is 365 g/mol. The van der Waals surface area contributed by atoms with Crippen molar-refractivity contribution in [1.29, 1.82) is 0 Å². The van der Waals surface area contributed by atoms with Crippen LogP contribution in [0.2, 0.25) is 0 Å². The van der Waals surface area contributed by atoms with E-state index in [1.807, 2.05) is 35.2 Å². The zero-order valence-corrected chi connectivity index (χ0v) is 15.6. The summed E-state index contributed by atoms with van der Waals surface area (Å²) in [6.07, 6.45) is 1.25. The summed E-state index contributed by atoms with van der Waals surface area (Å²) in [5.41, 5.74) is 0.804. The second-order valence-electron chi connectivity index (χ2n) is 7.04. The van der Waals surface area contributed by atoms with Crippen LogP contribution in [0.4, 0.5) is 0 Å². The molecule has 0 atom stereocenters. The van der Waals surface area contributed by atoms with Gasteiger partial charge in [0, 0.05) is 45.2 Å². The van der Waals surface area contributed by atoms with Crippen molar-refractivity contribution in [3.8, 4) is 0 Å². The smallest absolute Gasteiger partial charge is 0.225 e. The van der Waals surface area contributed by atoms with Crippen LogP contribution in [0, 0.1) is 5.92 Å². The monoisotopic (exact) mass is 365 g/mol. The maximum absolute atomic E-state index is 12.6. The van der Waals surface area contributed by atoms with Gasteiger partial charge in [0.15, 0.2) is 0 Å². The van der Waals surface area contributed by atoms with E-state index in [4.69, 9.17) is 0 Å². The molecule has 0 radical (unpaired) electrons. The molecule has 3 rings (SSSR count). The first-order valence-electron chi connectivity index (χ1n) is 8.95. The topological polar surface area (TPSA) is 60.9 Å². The number of likely N-dealkylation sites (N-methyl/N-ethyl adjacent to an activating group) is 1. The molecule has 1 amide bonds. The van der Waals surface area contributed by atoms with E-state index in [0.717, 1.165) is 31.7 Å². The lowest BCUT2D eigenvalue weighted by atomic mass is 9.96. The minimum Gasteiger partial charge on any atom is -0.340 e. The highest BCUT2D eigenvalue weighted by atomic mass is 32.2. The average Bonchev–Trinajstić information content (AvgIpc) is 2.62. The second-order valence-corrected chi connectivity index (χ2v) is 9.01. The van der Waals surface area contributed by atoms with Gasteiger partial charge in [-0.1, -0.05) is 30.3 Å². The molecule has 138 valence electrons. The number of carbonyl (C=O) groups is 1. The molecule has 0 spiro atoms. The number of piperidine rings is 1. The van der Waals surface area contributed by atoms with Crippen LogP contribution in [0.1, 0.15) is 18.4 Å². The van der Waals surface area contributed by atoms with Crippen LogP contribution in [-0.2, 0) is 20.6 Å². The number of benzene rings is 1. The summed E-state index contributed by atoms with van der Waals surface area (Å²) in [7, 11) is -1.25. The number of sulfonamides is 1. The molecule has 6 nitrogen and oxygen atoms in total. The van der Waals surface area contributed by atoms with E-state index >= 15 is 0 Å². The molecule has 2 aliphatic heterocycles. The van der Waals surface area contributed by atoms with Gasteiger partial charge in [-0.15, -0.1) is 0 Å². The van der Waals surface area contributed by atoms with Gasteiger partial charge in [-0.3, -0.25) is 4.79 Å². The van der Waals surface area contributed by atoms with Gasteiger partial charge >= 0.3 is 0 Å². The highest BCUT2D eigenvalue weighted by molar-refractivity contribution is 7.88. The number of hydrogen-bond acceptors (Lipinski definition) is 4. The van der Waals surface area contributed by atoms with Crippen LogP contribution in [-0.4, -0.2) is 74.7 Å². The fourth-order valence-corrected chi connectivity index (χ4v) is 5.11. The van der Waals surface area contributed by atoms with Crippen molar-refractivity contribution < 1.29 is 13.2 Å². The first-order chi connectivity index (χ1) is 12.0.